The molecule has 1 aliphatic heterocycles. The largest absolute Gasteiger partial charge is 0.508 e. The first-order chi connectivity index (χ1) is 11.6. The van der Waals surface area contributed by atoms with E-state index >= 15 is 0 Å². The Morgan fingerprint density at radius 2 is 1.71 bits per heavy atom. The van der Waals surface area contributed by atoms with Gasteiger partial charge in [0.05, 0.1) is 5.69 Å². The molecule has 2 heterocycles. The lowest BCUT2D eigenvalue weighted by molar-refractivity contribution is 0.475. The van der Waals surface area contributed by atoms with E-state index in [4.69, 9.17) is 4.42 Å². The van der Waals surface area contributed by atoms with E-state index in [-0.39, 0.29) is 11.6 Å². The highest BCUT2D eigenvalue weighted by atomic mass is 19.1. The van der Waals surface area contributed by atoms with E-state index in [9.17, 15) is 9.50 Å². The number of oxazole rings is 1. The van der Waals surface area contributed by atoms with Crippen molar-refractivity contribution in [2.24, 2.45) is 0 Å². The van der Waals surface area contributed by atoms with Gasteiger partial charge in [0.25, 0.3) is 0 Å². The van der Waals surface area contributed by atoms with Crippen LogP contribution in [-0.4, -0.2) is 36.3 Å². The monoisotopic (exact) mass is 327 g/mol. The Morgan fingerprint density at radius 1 is 1.04 bits per heavy atom. The van der Waals surface area contributed by atoms with Crippen LogP contribution in [0.1, 0.15) is 5.89 Å². The number of aromatic nitrogens is 1. The van der Waals surface area contributed by atoms with Gasteiger partial charge in [-0.25, -0.2) is 9.37 Å². The molecule has 24 heavy (non-hydrogen) atoms. The van der Waals surface area contributed by atoms with Gasteiger partial charge in [0.1, 0.15) is 17.1 Å². The smallest absolute Gasteiger partial charge is 0.192 e. The van der Waals surface area contributed by atoms with E-state index in [2.05, 4.69) is 9.88 Å². The quantitative estimate of drug-likeness (QED) is 0.782. The van der Waals surface area contributed by atoms with Crippen molar-refractivity contribution in [1.82, 2.24) is 4.98 Å². The van der Waals surface area contributed by atoms with Gasteiger partial charge in [0.2, 0.25) is 0 Å². The molecule has 1 N–H and O–H groups in total. The number of aryl methyl sites for hydroxylation is 1. The molecule has 1 fully saturated rings. The van der Waals surface area contributed by atoms with Gasteiger partial charge in [-0.05, 0) is 24.3 Å². The lowest BCUT2D eigenvalue weighted by Gasteiger charge is -2.37. The van der Waals surface area contributed by atoms with Crippen molar-refractivity contribution >= 4 is 22.5 Å². The second-order valence-corrected chi connectivity index (χ2v) is 5.99. The van der Waals surface area contributed by atoms with Crippen molar-refractivity contribution in [3.63, 3.8) is 0 Å². The van der Waals surface area contributed by atoms with Crippen molar-refractivity contribution in [1.29, 1.82) is 0 Å². The number of benzene rings is 2. The zero-order valence-electron chi connectivity index (χ0n) is 13.4. The molecule has 3 aromatic rings. The first-order valence-electron chi connectivity index (χ1n) is 7.96. The van der Waals surface area contributed by atoms with Crippen LogP contribution in [0.4, 0.5) is 15.8 Å². The molecule has 0 saturated carbocycles. The minimum atomic E-state index is -0.270. The summed E-state index contributed by atoms with van der Waals surface area (Å²) in [6.45, 7) is 4.77. The Morgan fingerprint density at radius 3 is 2.42 bits per heavy atom. The number of aromatic hydroxyl groups is 1. The fourth-order valence-electron chi connectivity index (χ4n) is 3.16. The summed E-state index contributed by atoms with van der Waals surface area (Å²) in [5.41, 5.74) is 2.79. The first-order valence-corrected chi connectivity index (χ1v) is 7.96. The molecule has 0 unspecified atom stereocenters. The summed E-state index contributed by atoms with van der Waals surface area (Å²) >= 11 is 0. The summed E-state index contributed by atoms with van der Waals surface area (Å²) in [5.74, 6) is 0.530. The van der Waals surface area contributed by atoms with Gasteiger partial charge in [0.15, 0.2) is 11.5 Å². The average molecular weight is 327 g/mol. The molecule has 0 spiro atoms. The van der Waals surface area contributed by atoms with Crippen LogP contribution in [0, 0.1) is 12.7 Å². The third kappa shape index (κ3) is 2.64. The lowest BCUT2D eigenvalue weighted by Crippen LogP contribution is -2.46. The Kier molecular flexibility index (Phi) is 3.52. The van der Waals surface area contributed by atoms with Gasteiger partial charge in [-0.1, -0.05) is 0 Å². The number of hydrogen-bond donors (Lipinski definition) is 1. The van der Waals surface area contributed by atoms with Gasteiger partial charge in [-0.2, -0.15) is 0 Å². The number of halogens is 1. The number of hydrogen-bond acceptors (Lipinski definition) is 5. The number of anilines is 2. The van der Waals surface area contributed by atoms with Crippen LogP contribution in [0.3, 0.4) is 0 Å². The van der Waals surface area contributed by atoms with Crippen molar-refractivity contribution < 1.29 is 13.9 Å². The van der Waals surface area contributed by atoms with Crippen molar-refractivity contribution in [2.75, 3.05) is 36.0 Å². The summed E-state index contributed by atoms with van der Waals surface area (Å²) < 4.78 is 19.9. The molecule has 4 rings (SSSR count). The minimum Gasteiger partial charge on any atom is -0.508 e. The molecule has 2 aromatic carbocycles. The van der Waals surface area contributed by atoms with E-state index in [1.165, 1.54) is 6.07 Å². The zero-order chi connectivity index (χ0) is 16.7. The zero-order valence-corrected chi connectivity index (χ0v) is 13.4. The highest BCUT2D eigenvalue weighted by molar-refractivity contribution is 5.78. The number of fused-ring (bicyclic) bond motifs is 1. The van der Waals surface area contributed by atoms with E-state index in [1.807, 2.05) is 17.0 Å². The number of phenols is 1. The van der Waals surface area contributed by atoms with E-state index in [1.54, 1.807) is 25.1 Å². The van der Waals surface area contributed by atoms with Crippen LogP contribution in [0.15, 0.2) is 40.8 Å². The van der Waals surface area contributed by atoms with Crippen LogP contribution in [0.5, 0.6) is 5.75 Å². The van der Waals surface area contributed by atoms with Gasteiger partial charge in [0, 0.05) is 50.9 Å². The molecule has 1 aromatic heterocycles. The summed E-state index contributed by atoms with van der Waals surface area (Å²) in [6.07, 6.45) is 0. The molecule has 1 saturated heterocycles. The van der Waals surface area contributed by atoms with Gasteiger partial charge >= 0.3 is 0 Å². The second-order valence-electron chi connectivity index (χ2n) is 5.99. The maximum absolute atomic E-state index is 14.4. The number of piperazine rings is 1. The topological polar surface area (TPSA) is 52.7 Å². The van der Waals surface area contributed by atoms with Crippen LogP contribution in [-0.2, 0) is 0 Å². The van der Waals surface area contributed by atoms with Crippen molar-refractivity contribution in [3.05, 3.63) is 48.1 Å². The molecule has 6 heteroatoms. The van der Waals surface area contributed by atoms with E-state index in [0.29, 0.717) is 22.7 Å². The lowest BCUT2D eigenvalue weighted by atomic mass is 10.2. The first kappa shape index (κ1) is 14.8. The average Bonchev–Trinajstić information content (AvgIpc) is 2.94. The summed E-state index contributed by atoms with van der Waals surface area (Å²) in [4.78, 5) is 8.42. The van der Waals surface area contributed by atoms with E-state index < -0.39 is 0 Å². The second kappa shape index (κ2) is 5.70. The van der Waals surface area contributed by atoms with Gasteiger partial charge < -0.3 is 19.3 Å². The molecule has 5 nitrogen and oxygen atoms in total. The van der Waals surface area contributed by atoms with E-state index in [0.717, 1.165) is 31.9 Å². The number of phenolic OH excluding ortho intramolecular Hbond substituents is 1. The molecule has 124 valence electrons. The highest BCUT2D eigenvalue weighted by Gasteiger charge is 2.21. The summed E-state index contributed by atoms with van der Waals surface area (Å²) in [5, 5.41) is 9.38. The fourth-order valence-corrected chi connectivity index (χ4v) is 3.16. The SMILES string of the molecule is Cc1nc2cc(F)c(N3CCN(c4ccc(O)cc4)CC3)cc2o1. The highest BCUT2D eigenvalue weighted by Crippen LogP contribution is 2.28. The van der Waals surface area contributed by atoms with Crippen LogP contribution in [0.25, 0.3) is 11.1 Å². The maximum Gasteiger partial charge on any atom is 0.192 e. The number of nitrogens with zero attached hydrogens (tertiary/aromatic N) is 3. The maximum atomic E-state index is 14.4. The molecule has 0 bridgehead atoms. The summed E-state index contributed by atoms with van der Waals surface area (Å²) in [6, 6.07) is 10.3. The molecule has 1 aliphatic rings. The normalized spacial score (nSPS) is 15.2. The third-order valence-electron chi connectivity index (χ3n) is 4.40. The minimum absolute atomic E-state index is 0.259. The van der Waals surface area contributed by atoms with Crippen molar-refractivity contribution in [3.8, 4) is 5.75 Å². The standard InChI is InChI=1S/C18H18FN3O2/c1-12-20-16-10-15(19)17(11-18(16)24-12)22-8-6-21(7-9-22)13-2-4-14(23)5-3-13/h2-5,10-11,23H,6-9H2,1H3. The molecule has 0 atom stereocenters. The molecule has 0 amide bonds. The van der Waals surface area contributed by atoms with Crippen molar-refractivity contribution in [2.45, 2.75) is 6.92 Å². The Bertz CT molecular complexity index is 868. The van der Waals surface area contributed by atoms with Gasteiger partial charge in [-0.3, -0.25) is 0 Å². The van der Waals surface area contributed by atoms with Crippen LogP contribution in [0.2, 0.25) is 0 Å². The fraction of sp³-hybridized carbons (Fsp3) is 0.278. The molecule has 0 aliphatic carbocycles. The molecule has 0 radical (unpaired) electrons. The predicted molar refractivity (Wildman–Crippen MR) is 91.2 cm³/mol. The predicted octanol–water partition coefficient (Wildman–Crippen LogP) is 3.31. The van der Waals surface area contributed by atoms with Crippen LogP contribution < -0.4 is 9.80 Å². The van der Waals surface area contributed by atoms with Crippen LogP contribution >= 0.6 is 0 Å². The third-order valence-corrected chi connectivity index (χ3v) is 4.40. The Labute approximate surface area is 138 Å². The Balaban J connectivity index is 1.53. The molecular weight excluding hydrogens is 309 g/mol. The summed E-state index contributed by atoms with van der Waals surface area (Å²) in [7, 11) is 0. The van der Waals surface area contributed by atoms with Gasteiger partial charge in [-0.15, -0.1) is 0 Å². The molecular formula is C18H18FN3O2. The number of rotatable bonds is 2. The Hall–Kier alpha value is -2.76.